The Morgan fingerprint density at radius 2 is 1.73 bits per heavy atom. The van der Waals surface area contributed by atoms with Crippen molar-refractivity contribution in [2.75, 3.05) is 0 Å². The molecule has 1 unspecified atom stereocenters. The van der Waals surface area contributed by atoms with Gasteiger partial charge in [0.25, 0.3) is 0 Å². The highest BCUT2D eigenvalue weighted by atomic mass is 16.6. The molecular formula is C19H24O3. The fourth-order valence-corrected chi connectivity index (χ4v) is 2.58. The monoisotopic (exact) mass is 300 g/mol. The van der Waals surface area contributed by atoms with Crippen molar-refractivity contribution in [3.05, 3.63) is 42.5 Å². The third kappa shape index (κ3) is 3.79. The van der Waals surface area contributed by atoms with Crippen molar-refractivity contribution in [3.8, 4) is 5.75 Å². The number of ether oxygens (including phenoxy) is 2. The van der Waals surface area contributed by atoms with E-state index in [0.717, 1.165) is 16.5 Å². The summed E-state index contributed by atoms with van der Waals surface area (Å²) in [7, 11) is 0. The molecule has 2 rings (SSSR count). The van der Waals surface area contributed by atoms with Gasteiger partial charge in [0.05, 0.1) is 0 Å². The van der Waals surface area contributed by atoms with Crippen LogP contribution in [0.15, 0.2) is 42.5 Å². The number of carbonyl (C=O) groups is 1. The number of rotatable bonds is 6. The highest BCUT2D eigenvalue weighted by Gasteiger charge is 2.26. The van der Waals surface area contributed by atoms with Crippen molar-refractivity contribution < 1.29 is 14.3 Å². The summed E-state index contributed by atoms with van der Waals surface area (Å²) >= 11 is 0. The van der Waals surface area contributed by atoms with E-state index in [1.807, 2.05) is 37.3 Å². The van der Waals surface area contributed by atoms with Crippen molar-refractivity contribution >= 4 is 16.7 Å². The van der Waals surface area contributed by atoms with Gasteiger partial charge in [-0.3, -0.25) is 4.79 Å². The minimum Gasteiger partial charge on any atom is -0.486 e. The van der Waals surface area contributed by atoms with E-state index in [1.165, 1.54) is 0 Å². The lowest BCUT2D eigenvalue weighted by Gasteiger charge is -2.28. The third-order valence-corrected chi connectivity index (χ3v) is 3.74. The van der Waals surface area contributed by atoms with Crippen molar-refractivity contribution in [2.45, 2.75) is 46.3 Å². The van der Waals surface area contributed by atoms with Crippen LogP contribution >= 0.6 is 0 Å². The first-order chi connectivity index (χ1) is 10.5. The van der Waals surface area contributed by atoms with Gasteiger partial charge in [0, 0.05) is 11.8 Å². The highest BCUT2D eigenvalue weighted by Crippen LogP contribution is 2.28. The number of fused-ring (bicyclic) bond motifs is 1. The largest absolute Gasteiger partial charge is 0.486 e. The third-order valence-electron chi connectivity index (χ3n) is 3.74. The second kappa shape index (κ2) is 7.30. The number of carbonyl (C=O) groups excluding carboxylic acids is 1. The molecule has 0 N–H and O–H groups in total. The predicted molar refractivity (Wildman–Crippen MR) is 89.0 cm³/mol. The molecule has 0 fully saturated rings. The van der Waals surface area contributed by atoms with E-state index >= 15 is 0 Å². The molecule has 2 aromatic rings. The van der Waals surface area contributed by atoms with Gasteiger partial charge in [-0.1, -0.05) is 57.2 Å². The summed E-state index contributed by atoms with van der Waals surface area (Å²) in [6.07, 6.45) is -0.0867. The zero-order chi connectivity index (χ0) is 16.1. The van der Waals surface area contributed by atoms with Crippen LogP contribution in [0.5, 0.6) is 5.75 Å². The summed E-state index contributed by atoms with van der Waals surface area (Å²) in [4.78, 5) is 11.5. The first kappa shape index (κ1) is 16.3. The first-order valence-electron chi connectivity index (χ1n) is 7.86. The van der Waals surface area contributed by atoms with Gasteiger partial charge in [-0.15, -0.1) is 0 Å². The molecule has 2 aromatic carbocycles. The summed E-state index contributed by atoms with van der Waals surface area (Å²) in [6.45, 7) is 7.84. The summed E-state index contributed by atoms with van der Waals surface area (Å²) in [5, 5.41) is 2.21. The quantitative estimate of drug-likeness (QED) is 0.732. The summed E-state index contributed by atoms with van der Waals surface area (Å²) in [5.74, 6) is 0.870. The summed E-state index contributed by atoms with van der Waals surface area (Å²) in [6, 6.07) is 14.1. The Bertz CT molecular complexity index is 628. The molecule has 118 valence electrons. The molecule has 0 radical (unpaired) electrons. The number of benzene rings is 2. The van der Waals surface area contributed by atoms with E-state index in [0.29, 0.717) is 6.42 Å². The van der Waals surface area contributed by atoms with Crippen LogP contribution in [0, 0.1) is 5.92 Å². The Balaban J connectivity index is 2.25. The molecule has 0 aromatic heterocycles. The van der Waals surface area contributed by atoms with E-state index in [4.69, 9.17) is 9.47 Å². The average Bonchev–Trinajstić information content (AvgIpc) is 2.52. The lowest BCUT2D eigenvalue weighted by atomic mass is 10.0. The van der Waals surface area contributed by atoms with Gasteiger partial charge in [-0.05, 0) is 24.3 Å². The summed E-state index contributed by atoms with van der Waals surface area (Å²) < 4.78 is 11.7. The van der Waals surface area contributed by atoms with Gasteiger partial charge in [0.15, 0.2) is 0 Å². The Hall–Kier alpha value is -2.03. The maximum absolute atomic E-state index is 11.5. The van der Waals surface area contributed by atoms with Crippen LogP contribution in [-0.2, 0) is 9.53 Å². The average molecular weight is 300 g/mol. The zero-order valence-electron chi connectivity index (χ0n) is 13.7. The number of esters is 1. The second-order valence-electron chi connectivity index (χ2n) is 5.85. The molecule has 0 amide bonds. The fourth-order valence-electron chi connectivity index (χ4n) is 2.58. The van der Waals surface area contributed by atoms with Crippen molar-refractivity contribution in [3.63, 3.8) is 0 Å². The van der Waals surface area contributed by atoms with Crippen LogP contribution in [0.3, 0.4) is 0 Å². The maximum Gasteiger partial charge on any atom is 0.305 e. The number of hydrogen-bond donors (Lipinski definition) is 0. The minimum atomic E-state index is -0.286. The van der Waals surface area contributed by atoms with Gasteiger partial charge < -0.3 is 9.47 Å². The summed E-state index contributed by atoms with van der Waals surface area (Å²) in [5.41, 5.74) is 0. The Morgan fingerprint density at radius 1 is 1.05 bits per heavy atom. The molecule has 0 heterocycles. The molecule has 0 spiro atoms. The normalized spacial score (nSPS) is 13.9. The molecule has 0 bridgehead atoms. The number of hydrogen-bond acceptors (Lipinski definition) is 3. The van der Waals surface area contributed by atoms with E-state index in [1.54, 1.807) is 6.92 Å². The van der Waals surface area contributed by atoms with Crippen LogP contribution in [0.4, 0.5) is 0 Å². The SMILES string of the molecule is CCC(=O)OC(C)[C@H](Oc1cccc2ccccc12)C(C)C. The standard InChI is InChI=1S/C19H24O3/c1-5-18(20)21-14(4)19(13(2)3)22-17-12-8-10-15-9-6-7-11-16(15)17/h6-14,19H,5H2,1-4H3/t14?,19-/m1/s1. The lowest BCUT2D eigenvalue weighted by Crippen LogP contribution is -2.37. The minimum absolute atomic E-state index is 0.179. The molecule has 0 aliphatic carbocycles. The molecule has 0 saturated carbocycles. The Labute approximate surface area is 132 Å². The van der Waals surface area contributed by atoms with E-state index in [2.05, 4.69) is 26.0 Å². The van der Waals surface area contributed by atoms with Gasteiger partial charge in [0.1, 0.15) is 18.0 Å². The van der Waals surface area contributed by atoms with Gasteiger partial charge in [0.2, 0.25) is 0 Å². The molecule has 0 aliphatic heterocycles. The van der Waals surface area contributed by atoms with E-state index in [-0.39, 0.29) is 24.1 Å². The molecule has 0 aliphatic rings. The van der Waals surface area contributed by atoms with Crippen LogP contribution in [0.25, 0.3) is 10.8 Å². The maximum atomic E-state index is 11.5. The smallest absolute Gasteiger partial charge is 0.305 e. The zero-order valence-corrected chi connectivity index (χ0v) is 13.7. The molecule has 0 saturated heterocycles. The Kier molecular flexibility index (Phi) is 5.42. The molecule has 3 heteroatoms. The fraction of sp³-hybridized carbons (Fsp3) is 0.421. The highest BCUT2D eigenvalue weighted by molar-refractivity contribution is 5.88. The van der Waals surface area contributed by atoms with Crippen LogP contribution in [-0.4, -0.2) is 18.2 Å². The van der Waals surface area contributed by atoms with Crippen LogP contribution in [0.2, 0.25) is 0 Å². The molecule has 3 nitrogen and oxygen atoms in total. The van der Waals surface area contributed by atoms with E-state index < -0.39 is 0 Å². The van der Waals surface area contributed by atoms with Gasteiger partial charge in [-0.25, -0.2) is 0 Å². The van der Waals surface area contributed by atoms with Crippen molar-refractivity contribution in [1.29, 1.82) is 0 Å². The first-order valence-corrected chi connectivity index (χ1v) is 7.86. The predicted octanol–water partition coefficient (Wildman–Crippen LogP) is 4.58. The van der Waals surface area contributed by atoms with Gasteiger partial charge >= 0.3 is 5.97 Å². The van der Waals surface area contributed by atoms with Crippen molar-refractivity contribution in [2.24, 2.45) is 5.92 Å². The lowest BCUT2D eigenvalue weighted by molar-refractivity contribution is -0.153. The van der Waals surface area contributed by atoms with Crippen LogP contribution in [0.1, 0.15) is 34.1 Å². The topological polar surface area (TPSA) is 35.5 Å². The molecular weight excluding hydrogens is 276 g/mol. The second-order valence-corrected chi connectivity index (χ2v) is 5.85. The van der Waals surface area contributed by atoms with Crippen LogP contribution < -0.4 is 4.74 Å². The van der Waals surface area contributed by atoms with E-state index in [9.17, 15) is 4.79 Å². The van der Waals surface area contributed by atoms with Crippen molar-refractivity contribution in [1.82, 2.24) is 0 Å². The van der Waals surface area contributed by atoms with Gasteiger partial charge in [-0.2, -0.15) is 0 Å². The molecule has 22 heavy (non-hydrogen) atoms. The Morgan fingerprint density at radius 3 is 2.41 bits per heavy atom. The molecule has 2 atom stereocenters.